The second kappa shape index (κ2) is 8.24. The Morgan fingerprint density at radius 1 is 1.00 bits per heavy atom. The van der Waals surface area contributed by atoms with Crippen molar-refractivity contribution in [2.75, 3.05) is 26.4 Å². The van der Waals surface area contributed by atoms with Crippen molar-refractivity contribution in [1.82, 2.24) is 0 Å². The fourth-order valence-electron chi connectivity index (χ4n) is 1.83. The molecule has 18 heavy (non-hydrogen) atoms. The first kappa shape index (κ1) is 16.1. The van der Waals surface area contributed by atoms with Gasteiger partial charge in [-0.3, -0.25) is 0 Å². The molecule has 108 valence electrons. The van der Waals surface area contributed by atoms with Crippen molar-refractivity contribution in [3.63, 3.8) is 0 Å². The molecule has 2 unspecified atom stereocenters. The summed E-state index contributed by atoms with van der Waals surface area (Å²) in [6.07, 6.45) is 1.11. The maximum Gasteiger partial charge on any atom is 0.501 e. The Morgan fingerprint density at radius 2 is 1.50 bits per heavy atom. The van der Waals surface area contributed by atoms with E-state index in [0.29, 0.717) is 26.4 Å². The van der Waals surface area contributed by atoms with Crippen LogP contribution in [0.25, 0.3) is 0 Å². The largest absolute Gasteiger partial charge is 0.501 e. The van der Waals surface area contributed by atoms with Crippen LogP contribution < -0.4 is 0 Å². The minimum absolute atomic E-state index is 0.00709. The summed E-state index contributed by atoms with van der Waals surface area (Å²) in [6.45, 7) is 10.4. The van der Waals surface area contributed by atoms with E-state index in [4.69, 9.17) is 22.8 Å². The Bertz CT molecular complexity index is 209. The molecule has 1 fully saturated rings. The predicted octanol–water partition coefficient (Wildman–Crippen LogP) is 2.19. The van der Waals surface area contributed by atoms with Gasteiger partial charge in [0.05, 0.1) is 0 Å². The highest BCUT2D eigenvalue weighted by Crippen LogP contribution is 2.23. The lowest BCUT2D eigenvalue weighted by Gasteiger charge is -2.28. The standard InChI is InChI=1S/C12H26O5Si/c1-5-14-18(15-6-2,16-7-3)10-8-9-13-12-11(4)17-12/h11-12H,5-10H2,1-4H3. The predicted molar refractivity (Wildman–Crippen MR) is 70.3 cm³/mol. The van der Waals surface area contributed by atoms with Gasteiger partial charge in [-0.05, 0) is 34.1 Å². The molecule has 6 heteroatoms. The molecular formula is C12H26O5Si. The van der Waals surface area contributed by atoms with Crippen LogP contribution in [0.1, 0.15) is 34.1 Å². The third-order valence-corrected chi connectivity index (χ3v) is 5.81. The molecule has 1 rings (SSSR count). The smallest absolute Gasteiger partial charge is 0.374 e. The van der Waals surface area contributed by atoms with Crippen LogP contribution in [-0.4, -0.2) is 47.6 Å². The van der Waals surface area contributed by atoms with E-state index in [1.54, 1.807) is 0 Å². The Hall–Kier alpha value is 0.0169. The maximum atomic E-state index is 5.76. The normalized spacial score (nSPS) is 23.3. The number of ether oxygens (including phenoxy) is 2. The maximum absolute atomic E-state index is 5.76. The zero-order chi connectivity index (χ0) is 13.4. The molecule has 0 radical (unpaired) electrons. The van der Waals surface area contributed by atoms with E-state index in [1.807, 2.05) is 27.7 Å². The zero-order valence-corrected chi connectivity index (χ0v) is 12.9. The zero-order valence-electron chi connectivity index (χ0n) is 11.9. The summed E-state index contributed by atoms with van der Waals surface area (Å²) in [7, 11) is -2.48. The van der Waals surface area contributed by atoms with Crippen LogP contribution in [0.2, 0.25) is 6.04 Å². The van der Waals surface area contributed by atoms with Gasteiger partial charge in [-0.15, -0.1) is 0 Å². The summed E-state index contributed by atoms with van der Waals surface area (Å²) in [5.74, 6) is 0. The highest BCUT2D eigenvalue weighted by Gasteiger charge is 2.40. The molecule has 0 amide bonds. The molecule has 1 aliphatic rings. The molecule has 0 aliphatic carbocycles. The van der Waals surface area contributed by atoms with E-state index < -0.39 is 8.80 Å². The van der Waals surface area contributed by atoms with Gasteiger partial charge in [-0.1, -0.05) is 0 Å². The lowest BCUT2D eigenvalue weighted by molar-refractivity contribution is 0.0412. The second-order valence-corrected chi connectivity index (χ2v) is 6.90. The molecule has 0 aromatic heterocycles. The Labute approximate surface area is 111 Å². The second-order valence-electron chi connectivity index (χ2n) is 4.17. The summed E-state index contributed by atoms with van der Waals surface area (Å²) in [4.78, 5) is 0. The fourth-order valence-corrected chi connectivity index (χ4v) is 4.41. The van der Waals surface area contributed by atoms with Crippen LogP contribution in [0.15, 0.2) is 0 Å². The van der Waals surface area contributed by atoms with Crippen molar-refractivity contribution >= 4 is 8.80 Å². The molecule has 1 heterocycles. The first-order chi connectivity index (χ1) is 8.67. The van der Waals surface area contributed by atoms with Gasteiger partial charge < -0.3 is 22.8 Å². The summed E-state index contributed by atoms with van der Waals surface area (Å²) >= 11 is 0. The minimum atomic E-state index is -2.48. The van der Waals surface area contributed by atoms with Crippen molar-refractivity contribution in [1.29, 1.82) is 0 Å². The lowest BCUT2D eigenvalue weighted by atomic mass is 10.5. The van der Waals surface area contributed by atoms with Gasteiger partial charge in [0.2, 0.25) is 0 Å². The van der Waals surface area contributed by atoms with Gasteiger partial charge in [-0.25, -0.2) is 0 Å². The number of hydrogen-bond donors (Lipinski definition) is 0. The van der Waals surface area contributed by atoms with Gasteiger partial charge in [0.1, 0.15) is 6.10 Å². The Kier molecular flexibility index (Phi) is 7.36. The third kappa shape index (κ3) is 5.34. The molecule has 1 saturated heterocycles. The van der Waals surface area contributed by atoms with Gasteiger partial charge in [0, 0.05) is 32.5 Å². The average Bonchev–Trinajstić information content (AvgIpc) is 3.02. The van der Waals surface area contributed by atoms with Crippen molar-refractivity contribution in [2.45, 2.75) is 52.6 Å². The highest BCUT2D eigenvalue weighted by molar-refractivity contribution is 6.60. The number of rotatable bonds is 11. The van der Waals surface area contributed by atoms with E-state index in [-0.39, 0.29) is 12.4 Å². The average molecular weight is 278 g/mol. The van der Waals surface area contributed by atoms with Gasteiger partial charge in [0.15, 0.2) is 6.29 Å². The molecule has 0 aromatic carbocycles. The van der Waals surface area contributed by atoms with E-state index in [9.17, 15) is 0 Å². The van der Waals surface area contributed by atoms with E-state index in [2.05, 4.69) is 0 Å². The van der Waals surface area contributed by atoms with Crippen molar-refractivity contribution < 1.29 is 22.8 Å². The van der Waals surface area contributed by atoms with Crippen LogP contribution in [-0.2, 0) is 22.8 Å². The summed E-state index contributed by atoms with van der Waals surface area (Å²) in [5.41, 5.74) is 0. The highest BCUT2D eigenvalue weighted by atomic mass is 28.4. The van der Waals surface area contributed by atoms with Crippen LogP contribution in [0.3, 0.4) is 0 Å². The third-order valence-electron chi connectivity index (χ3n) is 2.66. The molecule has 5 nitrogen and oxygen atoms in total. The monoisotopic (exact) mass is 278 g/mol. The van der Waals surface area contributed by atoms with Crippen LogP contribution in [0.5, 0.6) is 0 Å². The van der Waals surface area contributed by atoms with Crippen molar-refractivity contribution in [3.05, 3.63) is 0 Å². The summed E-state index contributed by atoms with van der Waals surface area (Å²) in [6, 6.07) is 0.795. The SMILES string of the molecule is CCO[Si](CCCOC1OC1C)(OCC)OCC. The summed E-state index contributed by atoms with van der Waals surface area (Å²) < 4.78 is 28.0. The van der Waals surface area contributed by atoms with Gasteiger partial charge >= 0.3 is 8.80 Å². The van der Waals surface area contributed by atoms with Crippen molar-refractivity contribution in [2.24, 2.45) is 0 Å². The summed E-state index contributed by atoms with van der Waals surface area (Å²) in [5, 5.41) is 0. The van der Waals surface area contributed by atoms with Crippen LogP contribution >= 0.6 is 0 Å². The van der Waals surface area contributed by atoms with Crippen LogP contribution in [0.4, 0.5) is 0 Å². The topological polar surface area (TPSA) is 49.5 Å². The number of epoxide rings is 1. The lowest BCUT2D eigenvalue weighted by Crippen LogP contribution is -2.46. The first-order valence-electron chi connectivity index (χ1n) is 6.86. The molecule has 1 aliphatic heterocycles. The van der Waals surface area contributed by atoms with Gasteiger partial charge in [0.25, 0.3) is 0 Å². The van der Waals surface area contributed by atoms with Crippen LogP contribution in [0, 0.1) is 0 Å². The number of hydrogen-bond acceptors (Lipinski definition) is 5. The first-order valence-corrected chi connectivity index (χ1v) is 8.79. The minimum Gasteiger partial charge on any atom is -0.374 e. The van der Waals surface area contributed by atoms with Gasteiger partial charge in [-0.2, -0.15) is 0 Å². The molecule has 0 spiro atoms. The van der Waals surface area contributed by atoms with Crippen molar-refractivity contribution in [3.8, 4) is 0 Å². The fraction of sp³-hybridized carbons (Fsp3) is 1.00. The van der Waals surface area contributed by atoms with E-state index in [1.165, 1.54) is 0 Å². The quantitative estimate of drug-likeness (QED) is 0.329. The molecule has 0 saturated carbocycles. The molecule has 0 aromatic rings. The van der Waals surface area contributed by atoms with E-state index in [0.717, 1.165) is 12.5 Å². The Balaban J connectivity index is 2.28. The molecular weight excluding hydrogens is 252 g/mol. The van der Waals surface area contributed by atoms with E-state index >= 15 is 0 Å². The molecule has 2 atom stereocenters. The molecule has 0 N–H and O–H groups in total. The molecule has 0 bridgehead atoms. The Morgan fingerprint density at radius 3 is 1.89 bits per heavy atom.